The number of fused-ring (bicyclic) bond motifs is 1. The molecule has 0 aliphatic heterocycles. The minimum atomic E-state index is -3.93. The number of imidazole rings is 1. The molecule has 0 radical (unpaired) electrons. The number of carbonyl (C=O) groups is 1. The summed E-state index contributed by atoms with van der Waals surface area (Å²) >= 11 is 0. The second-order valence-corrected chi connectivity index (χ2v) is 8.45. The summed E-state index contributed by atoms with van der Waals surface area (Å²) in [5.41, 5.74) is 5.85. The molecule has 0 fully saturated rings. The van der Waals surface area contributed by atoms with Crippen molar-refractivity contribution in [3.05, 3.63) is 52.3 Å². The molecule has 3 N–H and O–H groups in total. The Balaban J connectivity index is 1.59. The molecule has 0 bridgehead atoms. The maximum atomic E-state index is 13.4. The number of aromatic nitrogens is 4. The van der Waals surface area contributed by atoms with Crippen molar-refractivity contribution in [2.45, 2.75) is 13.2 Å². The van der Waals surface area contributed by atoms with Crippen molar-refractivity contribution >= 4 is 30.9 Å². The van der Waals surface area contributed by atoms with Crippen molar-refractivity contribution in [2.24, 2.45) is 0 Å². The molecule has 0 aliphatic rings. The Morgan fingerprint density at radius 3 is 2.91 bits per heavy atom. The van der Waals surface area contributed by atoms with E-state index in [-0.39, 0.29) is 36.9 Å². The van der Waals surface area contributed by atoms with E-state index in [9.17, 15) is 18.5 Å². The van der Waals surface area contributed by atoms with Gasteiger partial charge in [-0.3, -0.25) is 18.9 Å². The number of methoxy groups -OCH3 is 1. The number of aromatic amines is 1. The van der Waals surface area contributed by atoms with E-state index in [0.29, 0.717) is 5.56 Å². The number of hydrogen-bond donors (Lipinski definition) is 2. The number of ether oxygens (including phenoxy) is 3. The lowest BCUT2D eigenvalue weighted by Crippen LogP contribution is -2.14. The molecule has 1 atom stereocenters. The van der Waals surface area contributed by atoms with Crippen molar-refractivity contribution in [3.63, 3.8) is 0 Å². The Hall–Kier alpha value is -3.32. The Kier molecular flexibility index (Phi) is 8.11. The number of halogens is 1. The van der Waals surface area contributed by atoms with Crippen molar-refractivity contribution in [1.82, 2.24) is 19.5 Å². The minimum absolute atomic E-state index is 0.00831. The Morgan fingerprint density at radius 1 is 1.33 bits per heavy atom. The number of rotatable bonds is 11. The van der Waals surface area contributed by atoms with Gasteiger partial charge in [0.05, 0.1) is 26.7 Å². The van der Waals surface area contributed by atoms with Crippen LogP contribution in [-0.2, 0) is 41.0 Å². The van der Waals surface area contributed by atoms with Crippen LogP contribution in [0.2, 0.25) is 0 Å². The highest BCUT2D eigenvalue weighted by Gasteiger charge is 2.26. The molecule has 0 spiro atoms. The van der Waals surface area contributed by atoms with Gasteiger partial charge in [-0.05, 0) is 17.7 Å². The molecule has 15 heteroatoms. The van der Waals surface area contributed by atoms with Gasteiger partial charge in [0.2, 0.25) is 12.7 Å². The fourth-order valence-corrected chi connectivity index (χ4v) is 3.73. The molecule has 33 heavy (non-hydrogen) atoms. The first-order valence-corrected chi connectivity index (χ1v) is 11.1. The number of carbonyl (C=O) groups excluding carboxylic acids is 1. The molecule has 3 aromatic rings. The second-order valence-electron chi connectivity index (χ2n) is 6.46. The summed E-state index contributed by atoms with van der Waals surface area (Å²) in [4.78, 5) is 33.3. The molecule has 1 aromatic carbocycles. The molecule has 0 saturated carbocycles. The first kappa shape index (κ1) is 24.3. The topological polar surface area (TPSA) is 170 Å². The van der Waals surface area contributed by atoms with E-state index in [4.69, 9.17) is 19.5 Å². The lowest BCUT2D eigenvalue weighted by atomic mass is 10.2. The maximum absolute atomic E-state index is 13.4. The number of benzene rings is 1. The van der Waals surface area contributed by atoms with Gasteiger partial charge in [-0.15, -0.1) is 0 Å². The van der Waals surface area contributed by atoms with Crippen LogP contribution in [0.15, 0.2) is 35.4 Å². The number of nitrogens with zero attached hydrogens (tertiary/aromatic N) is 3. The number of hydrogen-bond acceptors (Lipinski definition) is 11. The van der Waals surface area contributed by atoms with E-state index in [2.05, 4.69) is 24.4 Å². The second kappa shape index (κ2) is 11.0. The van der Waals surface area contributed by atoms with Gasteiger partial charge >= 0.3 is 13.8 Å². The summed E-state index contributed by atoms with van der Waals surface area (Å²) in [6.07, 6.45) is -0.159. The van der Waals surface area contributed by atoms with Crippen LogP contribution >= 0.6 is 7.60 Å². The SMILES string of the molecule is COC(=O)OCOP(=O)(COCCn1cnc2c(=O)[nH]c(N)nc21)OCc1cccc(F)c1. The van der Waals surface area contributed by atoms with Gasteiger partial charge in [0.15, 0.2) is 11.2 Å². The number of anilines is 1. The van der Waals surface area contributed by atoms with Gasteiger partial charge in [0, 0.05) is 6.54 Å². The summed E-state index contributed by atoms with van der Waals surface area (Å²) in [5, 5.41) is 0. The first-order chi connectivity index (χ1) is 15.8. The van der Waals surface area contributed by atoms with Crippen molar-refractivity contribution < 1.29 is 37.0 Å². The number of nitrogens with one attached hydrogen (secondary N) is 1. The zero-order valence-corrected chi connectivity index (χ0v) is 18.3. The van der Waals surface area contributed by atoms with Gasteiger partial charge < -0.3 is 29.0 Å². The third-order valence-electron chi connectivity index (χ3n) is 4.13. The molecule has 0 aliphatic carbocycles. The van der Waals surface area contributed by atoms with E-state index < -0.39 is 38.3 Å². The molecule has 13 nitrogen and oxygen atoms in total. The highest BCUT2D eigenvalue weighted by atomic mass is 31.2. The lowest BCUT2D eigenvalue weighted by molar-refractivity contribution is 0.00267. The molecule has 1 unspecified atom stereocenters. The highest BCUT2D eigenvalue weighted by Crippen LogP contribution is 2.49. The van der Waals surface area contributed by atoms with Crippen LogP contribution < -0.4 is 11.3 Å². The average Bonchev–Trinajstić information content (AvgIpc) is 3.18. The van der Waals surface area contributed by atoms with Crippen molar-refractivity contribution in [2.75, 3.05) is 32.6 Å². The molecule has 2 aromatic heterocycles. The molecular weight excluding hydrogens is 464 g/mol. The number of H-pyrrole nitrogens is 1. The van der Waals surface area contributed by atoms with E-state index >= 15 is 0 Å². The van der Waals surface area contributed by atoms with E-state index in [1.165, 1.54) is 29.1 Å². The summed E-state index contributed by atoms with van der Waals surface area (Å²) in [7, 11) is -2.83. The minimum Gasteiger partial charge on any atom is -0.438 e. The van der Waals surface area contributed by atoms with E-state index in [1.807, 2.05) is 0 Å². The largest absolute Gasteiger partial charge is 0.510 e. The van der Waals surface area contributed by atoms with Gasteiger partial charge in [0.25, 0.3) is 5.56 Å². The Labute approximate surface area is 186 Å². The molecule has 2 heterocycles. The fraction of sp³-hybridized carbons (Fsp3) is 0.333. The standard InChI is InChI=1S/C18H21FN5O8P/c1-28-18(26)30-10-32-33(27,31-8-12-3-2-4-13(19)7-12)11-29-6-5-24-9-21-14-15(24)22-17(20)23-16(14)25/h2-4,7,9H,5-6,8,10-11H2,1H3,(H3,20,22,23,25). The monoisotopic (exact) mass is 485 g/mol. The van der Waals surface area contributed by atoms with Crippen LogP contribution in [0.4, 0.5) is 15.1 Å². The zero-order valence-electron chi connectivity index (χ0n) is 17.4. The fourth-order valence-electron chi connectivity index (χ4n) is 2.60. The van der Waals surface area contributed by atoms with Crippen molar-refractivity contribution in [1.29, 1.82) is 0 Å². The number of nitrogens with two attached hydrogens (primary N) is 1. The molecule has 178 valence electrons. The van der Waals surface area contributed by atoms with Gasteiger partial charge in [-0.2, -0.15) is 4.98 Å². The average molecular weight is 485 g/mol. The first-order valence-electron chi connectivity index (χ1n) is 9.41. The van der Waals surface area contributed by atoms with Crippen LogP contribution in [0.5, 0.6) is 0 Å². The third kappa shape index (κ3) is 6.83. The summed E-state index contributed by atoms with van der Waals surface area (Å²) in [6, 6.07) is 5.51. The van der Waals surface area contributed by atoms with Gasteiger partial charge in [0.1, 0.15) is 12.2 Å². The normalized spacial score (nSPS) is 13.0. The summed E-state index contributed by atoms with van der Waals surface area (Å²) in [6.45, 7) is -0.757. The van der Waals surface area contributed by atoms with Crippen LogP contribution in [0.1, 0.15) is 5.56 Å². The third-order valence-corrected chi connectivity index (χ3v) is 5.65. The van der Waals surface area contributed by atoms with Crippen LogP contribution in [-0.4, -0.2) is 52.5 Å². The summed E-state index contributed by atoms with van der Waals surface area (Å²) < 4.78 is 52.7. The quantitative estimate of drug-likeness (QED) is 0.176. The van der Waals surface area contributed by atoms with Gasteiger partial charge in [-0.1, -0.05) is 12.1 Å². The van der Waals surface area contributed by atoms with Crippen LogP contribution in [0.3, 0.4) is 0 Å². The predicted molar refractivity (Wildman–Crippen MR) is 112 cm³/mol. The molecule has 3 rings (SSSR count). The van der Waals surface area contributed by atoms with Crippen LogP contribution in [0.25, 0.3) is 11.2 Å². The molecule has 0 amide bonds. The Morgan fingerprint density at radius 2 is 2.15 bits per heavy atom. The highest BCUT2D eigenvalue weighted by molar-refractivity contribution is 7.53. The molecular formula is C18H21FN5O8P. The number of nitrogen functional groups attached to an aromatic ring is 1. The maximum Gasteiger partial charge on any atom is 0.510 e. The van der Waals surface area contributed by atoms with E-state index in [1.54, 1.807) is 6.07 Å². The van der Waals surface area contributed by atoms with E-state index in [0.717, 1.165) is 7.11 Å². The van der Waals surface area contributed by atoms with Gasteiger partial charge in [-0.25, -0.2) is 14.2 Å². The zero-order chi connectivity index (χ0) is 23.8. The Bertz CT molecular complexity index is 1220. The van der Waals surface area contributed by atoms with Crippen LogP contribution in [0, 0.1) is 5.82 Å². The summed E-state index contributed by atoms with van der Waals surface area (Å²) in [5.74, 6) is -0.554. The smallest absolute Gasteiger partial charge is 0.438 e. The predicted octanol–water partition coefficient (Wildman–Crippen LogP) is 1.98. The van der Waals surface area contributed by atoms with Crippen molar-refractivity contribution in [3.8, 4) is 0 Å². The lowest BCUT2D eigenvalue weighted by Gasteiger charge is -2.18. The molecule has 0 saturated heterocycles.